The van der Waals surface area contributed by atoms with Crippen LogP contribution in [0.5, 0.6) is 5.75 Å². The molecule has 0 amide bonds. The summed E-state index contributed by atoms with van der Waals surface area (Å²) in [6.07, 6.45) is 10.1. The number of hydrogen-bond donors (Lipinski definition) is 0. The molecule has 25 heavy (non-hydrogen) atoms. The van der Waals surface area contributed by atoms with Gasteiger partial charge in [0.2, 0.25) is 0 Å². The minimum atomic E-state index is -1.83. The van der Waals surface area contributed by atoms with E-state index in [1.807, 2.05) is 0 Å². The molecule has 0 saturated carbocycles. The fourth-order valence-electron chi connectivity index (χ4n) is 2.91. The molecule has 1 aliphatic rings. The molecular formula is C21H32Cl2OTi. The van der Waals surface area contributed by atoms with Gasteiger partial charge in [0.25, 0.3) is 0 Å². The molecule has 1 nitrogen and oxygen atoms in total. The largest absolute Gasteiger partial charge is 0.147 e. The molecule has 4 heteroatoms. The Morgan fingerprint density at radius 2 is 1.72 bits per heavy atom. The van der Waals surface area contributed by atoms with Crippen molar-refractivity contribution in [2.24, 2.45) is 0 Å². The van der Waals surface area contributed by atoms with E-state index in [9.17, 15) is 0 Å². The molecule has 0 bridgehead atoms. The molecule has 0 unspecified atom stereocenters. The van der Waals surface area contributed by atoms with E-state index in [0.717, 1.165) is 25.0 Å². The minimum absolute atomic E-state index is 0. The quantitative estimate of drug-likeness (QED) is 0.473. The summed E-state index contributed by atoms with van der Waals surface area (Å²) in [5.74, 6) is 1.07. The summed E-state index contributed by atoms with van der Waals surface area (Å²) < 4.78 is 9.86. The summed E-state index contributed by atoms with van der Waals surface area (Å²) in [6.45, 7) is 13.5. The Bertz CT molecular complexity index is 661. The van der Waals surface area contributed by atoms with Crippen molar-refractivity contribution in [1.82, 2.24) is 0 Å². The standard InChI is InChI=1S/C11H16O.C5H5.C5H10.2ClH.Ti/c1-8-5-9(11(2,3)4)7-10(12)6-8;1-2-4-5-3-1;1-3-5-4-2;;;/h5-7,12H,1-4H3;1-3H,4H2;3-4H2,1-2H3;2*1H;/q;;;;;+1/p-1. The van der Waals surface area contributed by atoms with Crippen LogP contribution >= 0.6 is 24.8 Å². The van der Waals surface area contributed by atoms with Crippen molar-refractivity contribution in [3.63, 3.8) is 0 Å². The van der Waals surface area contributed by atoms with E-state index in [4.69, 9.17) is 3.32 Å². The number of hydrogen-bond acceptors (Lipinski definition) is 1. The van der Waals surface area contributed by atoms with Crippen molar-refractivity contribution in [3.8, 4) is 5.75 Å². The van der Waals surface area contributed by atoms with Crippen LogP contribution in [0.25, 0.3) is 0 Å². The summed E-state index contributed by atoms with van der Waals surface area (Å²) in [4.78, 5) is 0. The Morgan fingerprint density at radius 3 is 2.20 bits per heavy atom. The molecule has 1 aromatic carbocycles. The number of aryl methyl sites for hydroxylation is 1. The molecule has 1 aliphatic carbocycles. The minimum Gasteiger partial charge on any atom is -0.147 e. The second-order valence-corrected chi connectivity index (χ2v) is 10.8. The Kier molecular flexibility index (Phi) is 10.6. The Hall–Kier alpha value is -0.336. The van der Waals surface area contributed by atoms with E-state index < -0.39 is 17.8 Å². The van der Waals surface area contributed by atoms with Crippen LogP contribution in [0.3, 0.4) is 0 Å². The Labute approximate surface area is 172 Å². The summed E-state index contributed by atoms with van der Waals surface area (Å²) in [5.41, 5.74) is 2.80. The molecular weight excluding hydrogens is 387 g/mol. The molecule has 0 heterocycles. The van der Waals surface area contributed by atoms with Crippen LogP contribution in [-0.2, 0) is 23.2 Å². The zero-order valence-corrected chi connectivity index (χ0v) is 19.5. The van der Waals surface area contributed by atoms with E-state index in [1.165, 1.54) is 11.1 Å². The third-order valence-electron chi connectivity index (χ3n) is 4.37. The zero-order valence-electron chi connectivity index (χ0n) is 16.3. The molecule has 0 atom stereocenters. The summed E-state index contributed by atoms with van der Waals surface area (Å²) in [7, 11) is 0. The monoisotopic (exact) mass is 418 g/mol. The van der Waals surface area contributed by atoms with Crippen molar-refractivity contribution in [1.29, 1.82) is 0 Å². The maximum absolute atomic E-state index is 6.68. The summed E-state index contributed by atoms with van der Waals surface area (Å²) in [6, 6.07) is 6.74. The van der Waals surface area contributed by atoms with Gasteiger partial charge in [-0.2, -0.15) is 0 Å². The predicted octanol–water partition coefficient (Wildman–Crippen LogP) is 6.88. The first kappa shape index (κ1) is 24.7. The smallest absolute Gasteiger partial charge is 0.147 e. The van der Waals surface area contributed by atoms with Crippen LogP contribution in [0.2, 0.25) is 0 Å². The van der Waals surface area contributed by atoms with E-state index in [0.29, 0.717) is 0 Å². The maximum atomic E-state index is 6.68. The van der Waals surface area contributed by atoms with Gasteiger partial charge >= 0.3 is 148 Å². The van der Waals surface area contributed by atoms with Gasteiger partial charge in [0.1, 0.15) is 0 Å². The first-order valence-electron chi connectivity index (χ1n) is 8.73. The number of benzene rings is 1. The summed E-state index contributed by atoms with van der Waals surface area (Å²) >= 11 is -1.83. The molecule has 0 spiro atoms. The molecule has 0 aromatic heterocycles. The molecule has 0 saturated heterocycles. The van der Waals surface area contributed by atoms with Crippen molar-refractivity contribution in [2.75, 3.05) is 0 Å². The average Bonchev–Trinajstić information content (AvgIpc) is 3.00. The first-order chi connectivity index (χ1) is 10.8. The second-order valence-electron chi connectivity index (χ2n) is 7.35. The third kappa shape index (κ3) is 6.72. The Balaban J connectivity index is 0.00000288. The Morgan fingerprint density at radius 1 is 1.08 bits per heavy atom. The van der Waals surface area contributed by atoms with E-state index >= 15 is 0 Å². The van der Waals surface area contributed by atoms with E-state index in [-0.39, 0.29) is 30.2 Å². The summed E-state index contributed by atoms with van der Waals surface area (Å²) in [5, 5.41) is 0. The molecule has 0 radical (unpaired) electrons. The second kappa shape index (κ2) is 10.7. The molecule has 140 valence electrons. The number of allylic oxidation sites excluding steroid dienone is 4. The molecule has 0 aliphatic heterocycles. The number of halogens is 2. The normalized spacial score (nSPS) is 12.8. The predicted molar refractivity (Wildman–Crippen MR) is 112 cm³/mol. The maximum Gasteiger partial charge on any atom is -0.147 e. The van der Waals surface area contributed by atoms with Gasteiger partial charge in [0, 0.05) is 0 Å². The fourth-order valence-corrected chi connectivity index (χ4v) is 6.46. The number of rotatable bonds is 5. The third-order valence-corrected chi connectivity index (χ3v) is 8.66. The van der Waals surface area contributed by atoms with Crippen molar-refractivity contribution in [3.05, 3.63) is 51.4 Å². The van der Waals surface area contributed by atoms with Gasteiger partial charge in [-0.1, -0.05) is 0 Å². The van der Waals surface area contributed by atoms with E-state index in [1.54, 1.807) is 7.69 Å². The van der Waals surface area contributed by atoms with Gasteiger partial charge in [-0.3, -0.25) is 0 Å². The topological polar surface area (TPSA) is 9.23 Å². The van der Waals surface area contributed by atoms with Crippen molar-refractivity contribution < 1.29 is 21.1 Å². The molecule has 2 rings (SSSR count). The van der Waals surface area contributed by atoms with Gasteiger partial charge in [-0.05, 0) is 0 Å². The van der Waals surface area contributed by atoms with Crippen LogP contribution in [0.1, 0.15) is 65.0 Å². The SMILES string of the molecule is CC[C](CC)=[Ti]([O]c1cc(C)cc(C(C)(C)C)c1)[C]1=CC=CC1.Cl.Cl. The first-order valence-corrected chi connectivity index (χ1v) is 10.9. The van der Waals surface area contributed by atoms with Crippen molar-refractivity contribution in [2.45, 2.75) is 66.2 Å². The van der Waals surface area contributed by atoms with Gasteiger partial charge in [0.15, 0.2) is 0 Å². The van der Waals surface area contributed by atoms with Gasteiger partial charge in [0.05, 0.1) is 0 Å². The van der Waals surface area contributed by atoms with Crippen LogP contribution in [-0.4, -0.2) is 3.81 Å². The van der Waals surface area contributed by atoms with Gasteiger partial charge < -0.3 is 0 Å². The molecule has 0 fully saturated rings. The fraction of sp³-hybridized carbons (Fsp3) is 0.476. The van der Waals surface area contributed by atoms with Crippen LogP contribution < -0.4 is 3.32 Å². The van der Waals surface area contributed by atoms with Crippen LogP contribution in [0, 0.1) is 6.92 Å². The van der Waals surface area contributed by atoms with Crippen LogP contribution in [0.15, 0.2) is 40.3 Å². The van der Waals surface area contributed by atoms with Crippen LogP contribution in [0.4, 0.5) is 0 Å². The van der Waals surface area contributed by atoms with Gasteiger partial charge in [-0.25, -0.2) is 0 Å². The zero-order chi connectivity index (χ0) is 17.0. The van der Waals surface area contributed by atoms with E-state index in [2.05, 4.69) is 78.0 Å². The van der Waals surface area contributed by atoms with Gasteiger partial charge in [-0.15, -0.1) is 24.8 Å². The molecule has 1 aromatic rings. The van der Waals surface area contributed by atoms with Crippen molar-refractivity contribution >= 4 is 28.6 Å². The molecule has 0 N–H and O–H groups in total. The average molecular weight is 419 g/mol.